The molecule has 0 amide bonds. The Balaban J connectivity index is 1.59. The molecular weight excluding hydrogens is 508 g/mol. The minimum absolute atomic E-state index is 0.410. The van der Waals surface area contributed by atoms with E-state index in [1.54, 1.807) is 17.8 Å². The Morgan fingerprint density at radius 2 is 1.75 bits per heavy atom. The van der Waals surface area contributed by atoms with Crippen molar-refractivity contribution in [3.8, 4) is 16.9 Å². The Morgan fingerprint density at radius 3 is 2.56 bits per heavy atom. The van der Waals surface area contributed by atoms with Crippen LogP contribution in [0, 0.1) is 0 Å². The highest BCUT2D eigenvalue weighted by atomic mass is 79.9. The molecule has 7 heteroatoms. The van der Waals surface area contributed by atoms with Crippen molar-refractivity contribution in [2.45, 2.75) is 10.9 Å². The molecule has 0 fully saturated rings. The molecule has 0 aliphatic carbocycles. The van der Waals surface area contributed by atoms with Gasteiger partial charge in [0.15, 0.2) is 5.16 Å². The molecule has 0 N–H and O–H groups in total. The van der Waals surface area contributed by atoms with Crippen LogP contribution in [0.15, 0.2) is 104 Å². The number of fused-ring (bicyclic) bond motifs is 1. The lowest BCUT2D eigenvalue weighted by Crippen LogP contribution is -2.02. The maximum absolute atomic E-state index is 12.7. The van der Waals surface area contributed by atoms with Crippen LogP contribution in [0.1, 0.15) is 5.56 Å². The number of para-hydroxylation sites is 1. The van der Waals surface area contributed by atoms with Gasteiger partial charge in [-0.15, -0.1) is 0 Å². The van der Waals surface area contributed by atoms with Crippen molar-refractivity contribution in [3.05, 3.63) is 111 Å². The first kappa shape index (κ1) is 21.1. The van der Waals surface area contributed by atoms with Crippen LogP contribution < -0.4 is 5.63 Å². The van der Waals surface area contributed by atoms with E-state index in [-0.39, 0.29) is 0 Å². The molecule has 2 heterocycles. The lowest BCUT2D eigenvalue weighted by molar-refractivity contribution is 0.563. The second-order valence-electron chi connectivity index (χ2n) is 7.12. The topological polar surface area (TPSA) is 48.0 Å². The number of halogens is 2. The number of benzene rings is 3. The maximum atomic E-state index is 12.7. The molecule has 0 saturated carbocycles. The third-order valence-corrected chi connectivity index (χ3v) is 6.91. The molecule has 0 aliphatic heterocycles. The molecule has 0 bridgehead atoms. The van der Waals surface area contributed by atoms with Crippen molar-refractivity contribution in [3.63, 3.8) is 0 Å². The smallest absolute Gasteiger partial charge is 0.345 e. The molecule has 158 valence electrons. The number of aromatic nitrogens is 2. The van der Waals surface area contributed by atoms with E-state index in [9.17, 15) is 4.79 Å². The number of nitrogens with zero attached hydrogens (tertiary/aromatic N) is 2. The Morgan fingerprint density at radius 1 is 1.00 bits per heavy atom. The summed E-state index contributed by atoms with van der Waals surface area (Å²) in [7, 11) is 0. The molecule has 0 aliphatic rings. The largest absolute Gasteiger partial charge is 0.422 e. The van der Waals surface area contributed by atoms with E-state index in [4.69, 9.17) is 21.0 Å². The van der Waals surface area contributed by atoms with Crippen molar-refractivity contribution in [2.24, 2.45) is 0 Å². The molecule has 0 radical (unpaired) electrons. The quantitative estimate of drug-likeness (QED) is 0.178. The molecule has 4 nitrogen and oxygen atoms in total. The van der Waals surface area contributed by atoms with Gasteiger partial charge in [-0.25, -0.2) is 9.78 Å². The van der Waals surface area contributed by atoms with Gasteiger partial charge < -0.3 is 4.42 Å². The summed E-state index contributed by atoms with van der Waals surface area (Å²) in [5.41, 5.74) is 3.11. The van der Waals surface area contributed by atoms with Crippen LogP contribution in [0.4, 0.5) is 0 Å². The standard InChI is InChI=1S/C25H16BrClN2O2S/c26-18-9-11-19(12-10-18)29-14-22(20-13-16-5-2-4-8-23(16)31-24(20)30)28-25(29)32-15-17-6-1-3-7-21(17)27/h1-14H,15H2. The van der Waals surface area contributed by atoms with Gasteiger partial charge in [-0.05, 0) is 48.0 Å². The van der Waals surface area contributed by atoms with Crippen LogP contribution in [0.3, 0.4) is 0 Å². The molecular formula is C25H16BrClN2O2S. The third-order valence-electron chi connectivity index (χ3n) is 5.01. The highest BCUT2D eigenvalue weighted by Crippen LogP contribution is 2.31. The van der Waals surface area contributed by atoms with Crippen LogP contribution in [0.25, 0.3) is 27.9 Å². The van der Waals surface area contributed by atoms with Gasteiger partial charge in [0.25, 0.3) is 0 Å². The van der Waals surface area contributed by atoms with Gasteiger partial charge in [0, 0.05) is 32.5 Å². The minimum Gasteiger partial charge on any atom is -0.422 e. The van der Waals surface area contributed by atoms with Crippen LogP contribution >= 0.6 is 39.3 Å². The fourth-order valence-corrected chi connectivity index (χ4v) is 4.92. The summed E-state index contributed by atoms with van der Waals surface area (Å²) in [6.07, 6.45) is 1.87. The lowest BCUT2D eigenvalue weighted by Gasteiger charge is -2.08. The number of hydrogen-bond acceptors (Lipinski definition) is 4. The lowest BCUT2D eigenvalue weighted by atomic mass is 10.1. The van der Waals surface area contributed by atoms with Crippen molar-refractivity contribution < 1.29 is 4.42 Å². The average Bonchev–Trinajstić information content (AvgIpc) is 3.22. The van der Waals surface area contributed by atoms with E-state index in [1.807, 2.05) is 83.6 Å². The zero-order valence-electron chi connectivity index (χ0n) is 16.7. The molecule has 0 atom stereocenters. The van der Waals surface area contributed by atoms with E-state index in [0.717, 1.165) is 31.3 Å². The third kappa shape index (κ3) is 4.26. The number of thioether (sulfide) groups is 1. The van der Waals surface area contributed by atoms with Crippen molar-refractivity contribution in [1.82, 2.24) is 9.55 Å². The van der Waals surface area contributed by atoms with Crippen LogP contribution in [0.2, 0.25) is 5.02 Å². The van der Waals surface area contributed by atoms with Crippen molar-refractivity contribution in [2.75, 3.05) is 0 Å². The molecule has 5 aromatic rings. The summed E-state index contributed by atoms with van der Waals surface area (Å²) in [5.74, 6) is 0.652. The predicted octanol–water partition coefficient (Wildman–Crippen LogP) is 7.35. The molecule has 0 unspecified atom stereocenters. The highest BCUT2D eigenvalue weighted by molar-refractivity contribution is 9.10. The van der Waals surface area contributed by atoms with Gasteiger partial charge in [0.05, 0.1) is 11.3 Å². The first-order chi connectivity index (χ1) is 15.6. The second kappa shape index (κ2) is 8.98. The molecule has 2 aromatic heterocycles. The number of rotatable bonds is 5. The van der Waals surface area contributed by atoms with Crippen molar-refractivity contribution >= 4 is 50.3 Å². The van der Waals surface area contributed by atoms with E-state index >= 15 is 0 Å². The maximum Gasteiger partial charge on any atom is 0.345 e. The second-order valence-corrected chi connectivity index (χ2v) is 9.39. The SMILES string of the molecule is O=c1oc2ccccc2cc1-c1cn(-c2ccc(Br)cc2)c(SCc2ccccc2Cl)n1. The summed E-state index contributed by atoms with van der Waals surface area (Å²) in [5, 5.41) is 2.33. The monoisotopic (exact) mass is 522 g/mol. The summed E-state index contributed by atoms with van der Waals surface area (Å²) < 4.78 is 8.50. The fraction of sp³-hybridized carbons (Fsp3) is 0.0400. The molecule has 0 spiro atoms. The molecule has 5 rings (SSSR count). The molecule has 3 aromatic carbocycles. The Bertz CT molecular complexity index is 1480. The van der Waals surface area contributed by atoms with E-state index < -0.39 is 5.63 Å². The number of hydrogen-bond donors (Lipinski definition) is 0. The number of imidazole rings is 1. The molecule has 32 heavy (non-hydrogen) atoms. The van der Waals surface area contributed by atoms with Crippen LogP contribution in [-0.2, 0) is 5.75 Å². The van der Waals surface area contributed by atoms with Gasteiger partial charge in [-0.2, -0.15) is 0 Å². The first-order valence-corrected chi connectivity index (χ1v) is 12.0. The zero-order chi connectivity index (χ0) is 22.1. The highest BCUT2D eigenvalue weighted by Gasteiger charge is 2.16. The van der Waals surface area contributed by atoms with E-state index in [0.29, 0.717) is 22.6 Å². The van der Waals surface area contributed by atoms with Gasteiger partial charge in [0.1, 0.15) is 5.58 Å². The zero-order valence-corrected chi connectivity index (χ0v) is 19.8. The summed E-state index contributed by atoms with van der Waals surface area (Å²) >= 11 is 11.4. The summed E-state index contributed by atoms with van der Waals surface area (Å²) in [6, 6.07) is 25.0. The van der Waals surface area contributed by atoms with Crippen LogP contribution in [-0.4, -0.2) is 9.55 Å². The van der Waals surface area contributed by atoms with Gasteiger partial charge in [-0.1, -0.05) is 75.7 Å². The molecule has 0 saturated heterocycles. The predicted molar refractivity (Wildman–Crippen MR) is 134 cm³/mol. The Labute approximate surface area is 202 Å². The van der Waals surface area contributed by atoms with Crippen molar-refractivity contribution in [1.29, 1.82) is 0 Å². The van der Waals surface area contributed by atoms with E-state index in [1.165, 1.54) is 0 Å². The van der Waals surface area contributed by atoms with Crippen LogP contribution in [0.5, 0.6) is 0 Å². The van der Waals surface area contributed by atoms with Gasteiger partial charge >= 0.3 is 5.63 Å². The summed E-state index contributed by atoms with van der Waals surface area (Å²) in [6.45, 7) is 0. The Kier molecular flexibility index (Phi) is 5.91. The minimum atomic E-state index is -0.410. The fourth-order valence-electron chi connectivity index (χ4n) is 3.38. The normalized spacial score (nSPS) is 11.2. The average molecular weight is 524 g/mol. The summed E-state index contributed by atoms with van der Waals surface area (Å²) in [4.78, 5) is 17.5. The van der Waals surface area contributed by atoms with E-state index in [2.05, 4.69) is 15.9 Å². The van der Waals surface area contributed by atoms with Gasteiger partial charge in [-0.3, -0.25) is 4.57 Å². The van der Waals surface area contributed by atoms with Gasteiger partial charge in [0.2, 0.25) is 0 Å². The Hall–Kier alpha value is -2.80. The first-order valence-electron chi connectivity index (χ1n) is 9.83.